The minimum Gasteiger partial charge on any atom is -0.398 e. The van der Waals surface area contributed by atoms with Gasteiger partial charge in [0.2, 0.25) is 0 Å². The lowest BCUT2D eigenvalue weighted by molar-refractivity contribution is 0.0928. The Balaban J connectivity index is 2.02. The van der Waals surface area contributed by atoms with E-state index in [1.54, 1.807) is 12.1 Å². The third kappa shape index (κ3) is 3.05. The van der Waals surface area contributed by atoms with Crippen LogP contribution in [0.15, 0.2) is 22.7 Å². The first-order chi connectivity index (χ1) is 8.58. The molecule has 1 fully saturated rings. The van der Waals surface area contributed by atoms with Crippen molar-refractivity contribution in [2.24, 2.45) is 5.92 Å². The maximum Gasteiger partial charge on any atom is 0.253 e. The van der Waals surface area contributed by atoms with Gasteiger partial charge in [0.1, 0.15) is 0 Å². The zero-order valence-electron chi connectivity index (χ0n) is 10.6. The van der Waals surface area contributed by atoms with Gasteiger partial charge in [-0.3, -0.25) is 4.79 Å². The van der Waals surface area contributed by atoms with Crippen molar-refractivity contribution in [1.29, 1.82) is 0 Å². The lowest BCUT2D eigenvalue weighted by Crippen LogP contribution is -2.37. The molecule has 1 amide bonds. The van der Waals surface area contributed by atoms with Crippen molar-refractivity contribution in [3.8, 4) is 0 Å². The number of halogens is 1. The van der Waals surface area contributed by atoms with Gasteiger partial charge < -0.3 is 11.1 Å². The van der Waals surface area contributed by atoms with E-state index < -0.39 is 0 Å². The topological polar surface area (TPSA) is 55.1 Å². The monoisotopic (exact) mass is 310 g/mol. The average molecular weight is 311 g/mol. The number of nitrogens with two attached hydrogens (primary N) is 1. The van der Waals surface area contributed by atoms with Gasteiger partial charge in [0.25, 0.3) is 5.91 Å². The molecule has 18 heavy (non-hydrogen) atoms. The van der Waals surface area contributed by atoms with Gasteiger partial charge in [-0.25, -0.2) is 0 Å². The second kappa shape index (κ2) is 5.74. The van der Waals surface area contributed by atoms with E-state index in [2.05, 4.69) is 28.2 Å². The molecule has 0 aliphatic heterocycles. The molecule has 1 atom stereocenters. The van der Waals surface area contributed by atoms with E-state index in [1.807, 2.05) is 6.07 Å². The molecule has 3 N–H and O–H groups in total. The van der Waals surface area contributed by atoms with Crippen LogP contribution in [-0.2, 0) is 0 Å². The molecule has 4 heteroatoms. The average Bonchev–Trinajstić information content (AvgIpc) is 2.81. The zero-order chi connectivity index (χ0) is 13.1. The van der Waals surface area contributed by atoms with E-state index in [9.17, 15) is 4.79 Å². The Morgan fingerprint density at radius 3 is 2.72 bits per heavy atom. The molecule has 1 aromatic carbocycles. The maximum atomic E-state index is 12.1. The fourth-order valence-electron chi connectivity index (χ4n) is 2.60. The number of hydrogen-bond donors (Lipinski definition) is 2. The summed E-state index contributed by atoms with van der Waals surface area (Å²) in [5.41, 5.74) is 6.93. The number of anilines is 1. The summed E-state index contributed by atoms with van der Waals surface area (Å²) in [6.45, 7) is 2.09. The molecule has 1 aromatic rings. The fourth-order valence-corrected chi connectivity index (χ4v) is 2.98. The molecule has 1 saturated carbocycles. The number of carbonyl (C=O) groups excluding carboxylic acids is 1. The molecule has 0 bridgehead atoms. The van der Waals surface area contributed by atoms with Gasteiger partial charge in [0.15, 0.2) is 0 Å². The lowest BCUT2D eigenvalue weighted by Gasteiger charge is -2.20. The molecule has 1 aliphatic carbocycles. The van der Waals surface area contributed by atoms with Crippen LogP contribution in [0.4, 0.5) is 5.69 Å². The highest BCUT2D eigenvalue weighted by Crippen LogP contribution is 2.28. The van der Waals surface area contributed by atoms with Gasteiger partial charge in [0.05, 0.1) is 5.56 Å². The Bertz CT molecular complexity index is 441. The number of nitrogen functional groups attached to an aromatic ring is 1. The molecular formula is C14H19BrN2O. The van der Waals surface area contributed by atoms with Crippen LogP contribution >= 0.6 is 15.9 Å². The molecule has 0 heterocycles. The van der Waals surface area contributed by atoms with E-state index in [1.165, 1.54) is 25.7 Å². The van der Waals surface area contributed by atoms with Crippen molar-refractivity contribution in [1.82, 2.24) is 5.32 Å². The van der Waals surface area contributed by atoms with Crippen molar-refractivity contribution in [3.63, 3.8) is 0 Å². The summed E-state index contributed by atoms with van der Waals surface area (Å²) >= 11 is 3.34. The fraction of sp³-hybridized carbons (Fsp3) is 0.500. The van der Waals surface area contributed by atoms with Crippen molar-refractivity contribution >= 4 is 27.5 Å². The number of hydrogen-bond acceptors (Lipinski definition) is 2. The third-order valence-electron chi connectivity index (χ3n) is 3.72. The van der Waals surface area contributed by atoms with Crippen molar-refractivity contribution in [2.45, 2.75) is 38.6 Å². The van der Waals surface area contributed by atoms with E-state index in [-0.39, 0.29) is 11.9 Å². The molecule has 0 saturated heterocycles. The minimum absolute atomic E-state index is 0.0700. The first-order valence-corrected chi connectivity index (χ1v) is 7.23. The van der Waals surface area contributed by atoms with Gasteiger partial charge in [-0.15, -0.1) is 0 Å². The standard InChI is InChI=1S/C14H19BrN2O/c1-9(10-4-2-3-5-10)17-14(18)12-7-6-11(15)8-13(12)16/h6-10H,2-5,16H2,1H3,(H,17,18)/t9-/m0/s1. The largest absolute Gasteiger partial charge is 0.398 e. The Labute approximate surface area is 116 Å². The smallest absolute Gasteiger partial charge is 0.253 e. The summed E-state index contributed by atoms with van der Waals surface area (Å²) in [4.78, 5) is 12.1. The van der Waals surface area contributed by atoms with E-state index in [4.69, 9.17) is 5.73 Å². The van der Waals surface area contributed by atoms with E-state index in [0.29, 0.717) is 17.2 Å². The molecule has 0 aromatic heterocycles. The van der Waals surface area contributed by atoms with Gasteiger partial charge in [-0.2, -0.15) is 0 Å². The summed E-state index contributed by atoms with van der Waals surface area (Å²) in [5.74, 6) is 0.546. The Morgan fingerprint density at radius 1 is 1.44 bits per heavy atom. The summed E-state index contributed by atoms with van der Waals surface area (Å²) in [6.07, 6.45) is 5.01. The van der Waals surface area contributed by atoms with Crippen molar-refractivity contribution in [2.75, 3.05) is 5.73 Å². The summed E-state index contributed by atoms with van der Waals surface area (Å²) in [7, 11) is 0. The maximum absolute atomic E-state index is 12.1. The minimum atomic E-state index is -0.0700. The molecule has 0 radical (unpaired) electrons. The highest BCUT2D eigenvalue weighted by molar-refractivity contribution is 9.10. The molecule has 1 aliphatic rings. The van der Waals surface area contributed by atoms with Crippen LogP contribution in [0.25, 0.3) is 0 Å². The van der Waals surface area contributed by atoms with Crippen LogP contribution in [0.1, 0.15) is 43.0 Å². The van der Waals surface area contributed by atoms with Crippen LogP contribution in [0.3, 0.4) is 0 Å². The van der Waals surface area contributed by atoms with Crippen molar-refractivity contribution in [3.05, 3.63) is 28.2 Å². The quantitative estimate of drug-likeness (QED) is 0.841. The Kier molecular flexibility index (Phi) is 4.27. The SMILES string of the molecule is C[C@H](NC(=O)c1ccc(Br)cc1N)C1CCCC1. The zero-order valence-corrected chi connectivity index (χ0v) is 12.2. The van der Waals surface area contributed by atoms with Crippen LogP contribution < -0.4 is 11.1 Å². The highest BCUT2D eigenvalue weighted by atomic mass is 79.9. The predicted molar refractivity (Wildman–Crippen MR) is 77.4 cm³/mol. The Morgan fingerprint density at radius 2 is 2.11 bits per heavy atom. The number of nitrogens with one attached hydrogen (secondary N) is 1. The molecular weight excluding hydrogens is 292 g/mol. The number of rotatable bonds is 3. The van der Waals surface area contributed by atoms with E-state index in [0.717, 1.165) is 4.47 Å². The van der Waals surface area contributed by atoms with Crippen LogP contribution in [0, 0.1) is 5.92 Å². The van der Waals surface area contributed by atoms with Crippen molar-refractivity contribution < 1.29 is 4.79 Å². The normalized spacial score (nSPS) is 17.7. The van der Waals surface area contributed by atoms with Gasteiger partial charge in [-0.1, -0.05) is 28.8 Å². The number of carbonyl (C=O) groups is 1. The Hall–Kier alpha value is -1.03. The lowest BCUT2D eigenvalue weighted by atomic mass is 9.99. The molecule has 2 rings (SSSR count). The molecule has 3 nitrogen and oxygen atoms in total. The summed E-state index contributed by atoms with van der Waals surface area (Å²) in [6, 6.07) is 5.58. The van der Waals surface area contributed by atoms with Gasteiger partial charge in [-0.05, 0) is 43.9 Å². The van der Waals surface area contributed by atoms with E-state index >= 15 is 0 Å². The second-order valence-electron chi connectivity index (χ2n) is 5.04. The third-order valence-corrected chi connectivity index (χ3v) is 4.22. The summed E-state index contributed by atoms with van der Waals surface area (Å²) < 4.78 is 0.889. The first kappa shape index (κ1) is 13.4. The predicted octanol–water partition coefficient (Wildman–Crippen LogP) is 3.34. The summed E-state index contributed by atoms with van der Waals surface area (Å²) in [5, 5.41) is 3.06. The number of amides is 1. The van der Waals surface area contributed by atoms with Crippen LogP contribution in [-0.4, -0.2) is 11.9 Å². The van der Waals surface area contributed by atoms with Gasteiger partial charge in [0, 0.05) is 16.2 Å². The molecule has 0 spiro atoms. The highest BCUT2D eigenvalue weighted by Gasteiger charge is 2.23. The van der Waals surface area contributed by atoms with Crippen LogP contribution in [0.5, 0.6) is 0 Å². The second-order valence-corrected chi connectivity index (χ2v) is 5.95. The van der Waals surface area contributed by atoms with Gasteiger partial charge >= 0.3 is 0 Å². The molecule has 98 valence electrons. The molecule has 0 unspecified atom stereocenters. The number of benzene rings is 1. The van der Waals surface area contributed by atoms with Crippen LogP contribution in [0.2, 0.25) is 0 Å². The first-order valence-electron chi connectivity index (χ1n) is 6.44.